The number of fused-ring (bicyclic) bond motifs is 1. The van der Waals surface area contributed by atoms with Crippen LogP contribution in [-0.4, -0.2) is 16.7 Å². The Morgan fingerprint density at radius 2 is 2.21 bits per heavy atom. The quantitative estimate of drug-likeness (QED) is 0.763. The second-order valence-electron chi connectivity index (χ2n) is 3.52. The molecule has 0 aliphatic carbocycles. The fourth-order valence-corrected chi connectivity index (χ4v) is 1.77. The third-order valence-electron chi connectivity index (χ3n) is 2.62. The van der Waals surface area contributed by atoms with Crippen LogP contribution in [0.5, 0.6) is 0 Å². The van der Waals surface area contributed by atoms with Crippen molar-refractivity contribution in [3.05, 3.63) is 35.5 Å². The molecule has 0 amide bonds. The summed E-state index contributed by atoms with van der Waals surface area (Å²) in [4.78, 5) is 3.21. The molecule has 0 spiro atoms. The van der Waals surface area contributed by atoms with E-state index in [1.54, 1.807) is 0 Å². The summed E-state index contributed by atoms with van der Waals surface area (Å²) >= 11 is 0. The van der Waals surface area contributed by atoms with Gasteiger partial charge in [0.15, 0.2) is 0 Å². The molecule has 0 radical (unpaired) electrons. The highest BCUT2D eigenvalue weighted by Gasteiger charge is 2.03. The number of rotatable bonds is 3. The average Bonchev–Trinajstić information content (AvgIpc) is 2.61. The maximum absolute atomic E-state index is 8.91. The molecule has 2 heteroatoms. The highest BCUT2D eigenvalue weighted by Crippen LogP contribution is 2.20. The van der Waals surface area contributed by atoms with Gasteiger partial charge in [0.05, 0.1) is 0 Å². The lowest BCUT2D eigenvalue weighted by molar-refractivity contribution is 0.300. The average molecular weight is 189 g/mol. The van der Waals surface area contributed by atoms with Gasteiger partial charge in [-0.3, -0.25) is 0 Å². The molecule has 0 aliphatic rings. The number of benzene rings is 1. The first-order chi connectivity index (χ1) is 6.85. The Balaban J connectivity index is 2.52. The van der Waals surface area contributed by atoms with E-state index in [4.69, 9.17) is 5.11 Å². The number of nitrogens with one attached hydrogen (secondary N) is 1. The third-order valence-corrected chi connectivity index (χ3v) is 2.62. The molecule has 14 heavy (non-hydrogen) atoms. The number of aromatic nitrogens is 1. The third kappa shape index (κ3) is 1.53. The maximum Gasteiger partial charge on any atom is 0.0472 e. The standard InChI is InChI=1S/C12H15NO/c1-2-9-3-4-12-11(7-9)10(5-6-14)8-13-12/h3-4,7-8,13-14H,2,5-6H2,1H3. The summed E-state index contributed by atoms with van der Waals surface area (Å²) in [7, 11) is 0. The number of aryl methyl sites for hydroxylation is 1. The summed E-state index contributed by atoms with van der Waals surface area (Å²) in [6, 6.07) is 6.45. The van der Waals surface area contributed by atoms with Crippen molar-refractivity contribution in [3.63, 3.8) is 0 Å². The first-order valence-corrected chi connectivity index (χ1v) is 5.05. The molecule has 0 bridgehead atoms. The largest absolute Gasteiger partial charge is 0.396 e. The second kappa shape index (κ2) is 3.84. The van der Waals surface area contributed by atoms with Crippen LogP contribution in [0.15, 0.2) is 24.4 Å². The summed E-state index contributed by atoms with van der Waals surface area (Å²) in [5, 5.41) is 10.2. The minimum atomic E-state index is 0.212. The van der Waals surface area contributed by atoms with Gasteiger partial charge in [-0.25, -0.2) is 0 Å². The molecule has 0 saturated carbocycles. The number of aromatic amines is 1. The zero-order chi connectivity index (χ0) is 9.97. The number of aliphatic hydroxyl groups excluding tert-OH is 1. The van der Waals surface area contributed by atoms with Crippen molar-refractivity contribution in [3.8, 4) is 0 Å². The molecule has 2 nitrogen and oxygen atoms in total. The highest BCUT2D eigenvalue weighted by atomic mass is 16.2. The van der Waals surface area contributed by atoms with Crippen molar-refractivity contribution in [2.75, 3.05) is 6.61 Å². The van der Waals surface area contributed by atoms with Gasteiger partial charge >= 0.3 is 0 Å². The van der Waals surface area contributed by atoms with Gasteiger partial charge in [-0.2, -0.15) is 0 Å². The zero-order valence-electron chi connectivity index (χ0n) is 8.38. The number of aliphatic hydroxyl groups is 1. The van der Waals surface area contributed by atoms with Gasteiger partial charge in [0.25, 0.3) is 0 Å². The Hall–Kier alpha value is -1.28. The van der Waals surface area contributed by atoms with Crippen molar-refractivity contribution in [1.82, 2.24) is 4.98 Å². The predicted octanol–water partition coefficient (Wildman–Crippen LogP) is 2.27. The summed E-state index contributed by atoms with van der Waals surface area (Å²) in [5.41, 5.74) is 3.71. The van der Waals surface area contributed by atoms with Crippen LogP contribution in [0.3, 0.4) is 0 Å². The van der Waals surface area contributed by atoms with Gasteiger partial charge < -0.3 is 10.1 Å². The fraction of sp³-hybridized carbons (Fsp3) is 0.333. The van der Waals surface area contributed by atoms with Gasteiger partial charge in [-0.1, -0.05) is 13.0 Å². The Kier molecular flexibility index (Phi) is 2.55. The van der Waals surface area contributed by atoms with Gasteiger partial charge in [0.1, 0.15) is 0 Å². The molecular weight excluding hydrogens is 174 g/mol. The number of H-pyrrole nitrogens is 1. The summed E-state index contributed by atoms with van der Waals surface area (Å²) in [6.45, 7) is 2.36. The van der Waals surface area contributed by atoms with Crippen LogP contribution < -0.4 is 0 Å². The van der Waals surface area contributed by atoms with Crippen LogP contribution in [0.25, 0.3) is 10.9 Å². The van der Waals surface area contributed by atoms with Crippen LogP contribution in [-0.2, 0) is 12.8 Å². The van der Waals surface area contributed by atoms with Gasteiger partial charge in [0.2, 0.25) is 0 Å². The molecular formula is C12H15NO. The molecule has 0 aliphatic heterocycles. The Labute approximate surface area is 83.6 Å². The van der Waals surface area contributed by atoms with E-state index in [1.807, 2.05) is 6.20 Å². The van der Waals surface area contributed by atoms with Crippen LogP contribution in [0.4, 0.5) is 0 Å². The highest BCUT2D eigenvalue weighted by molar-refractivity contribution is 5.83. The topological polar surface area (TPSA) is 36.0 Å². The minimum absolute atomic E-state index is 0.212. The summed E-state index contributed by atoms with van der Waals surface area (Å²) < 4.78 is 0. The molecule has 74 valence electrons. The minimum Gasteiger partial charge on any atom is -0.396 e. The Bertz CT molecular complexity index is 431. The summed E-state index contributed by atoms with van der Waals surface area (Å²) in [5.74, 6) is 0. The normalized spacial score (nSPS) is 11.0. The molecule has 2 aromatic rings. The molecule has 2 rings (SSSR count). The molecule has 2 N–H and O–H groups in total. The molecule has 0 atom stereocenters. The van der Waals surface area contributed by atoms with E-state index in [0.29, 0.717) is 0 Å². The van der Waals surface area contributed by atoms with Crippen molar-refractivity contribution in [2.45, 2.75) is 19.8 Å². The van der Waals surface area contributed by atoms with Crippen molar-refractivity contribution < 1.29 is 5.11 Å². The van der Waals surface area contributed by atoms with Crippen LogP contribution in [0.2, 0.25) is 0 Å². The lowest BCUT2D eigenvalue weighted by atomic mass is 10.1. The molecule has 1 aromatic carbocycles. The van der Waals surface area contributed by atoms with E-state index in [9.17, 15) is 0 Å². The van der Waals surface area contributed by atoms with Gasteiger partial charge in [-0.15, -0.1) is 0 Å². The van der Waals surface area contributed by atoms with Crippen molar-refractivity contribution in [1.29, 1.82) is 0 Å². The first-order valence-electron chi connectivity index (χ1n) is 5.05. The lowest BCUT2D eigenvalue weighted by Gasteiger charge is -1.99. The van der Waals surface area contributed by atoms with E-state index >= 15 is 0 Å². The lowest BCUT2D eigenvalue weighted by Crippen LogP contribution is -1.88. The van der Waals surface area contributed by atoms with E-state index in [-0.39, 0.29) is 6.61 Å². The maximum atomic E-state index is 8.91. The molecule has 0 unspecified atom stereocenters. The van der Waals surface area contributed by atoms with Gasteiger partial charge in [-0.05, 0) is 36.1 Å². The monoisotopic (exact) mass is 189 g/mol. The van der Waals surface area contributed by atoms with Crippen LogP contribution in [0.1, 0.15) is 18.1 Å². The van der Waals surface area contributed by atoms with E-state index < -0.39 is 0 Å². The number of hydrogen-bond donors (Lipinski definition) is 2. The van der Waals surface area contributed by atoms with Gasteiger partial charge in [0, 0.05) is 23.7 Å². The van der Waals surface area contributed by atoms with E-state index in [0.717, 1.165) is 18.4 Å². The Morgan fingerprint density at radius 3 is 2.93 bits per heavy atom. The first kappa shape index (κ1) is 9.28. The van der Waals surface area contributed by atoms with Crippen molar-refractivity contribution in [2.24, 2.45) is 0 Å². The predicted molar refractivity (Wildman–Crippen MR) is 58.5 cm³/mol. The van der Waals surface area contributed by atoms with E-state index in [1.165, 1.54) is 16.5 Å². The Morgan fingerprint density at radius 1 is 1.36 bits per heavy atom. The summed E-state index contributed by atoms with van der Waals surface area (Å²) in [6.07, 6.45) is 3.77. The second-order valence-corrected chi connectivity index (χ2v) is 3.52. The molecule has 0 saturated heterocycles. The molecule has 0 fully saturated rings. The zero-order valence-corrected chi connectivity index (χ0v) is 8.38. The van der Waals surface area contributed by atoms with Crippen LogP contribution in [0, 0.1) is 0 Å². The molecule has 1 heterocycles. The number of hydrogen-bond acceptors (Lipinski definition) is 1. The molecule has 1 aromatic heterocycles. The van der Waals surface area contributed by atoms with Crippen LogP contribution >= 0.6 is 0 Å². The van der Waals surface area contributed by atoms with Crippen molar-refractivity contribution >= 4 is 10.9 Å². The van der Waals surface area contributed by atoms with E-state index in [2.05, 4.69) is 30.1 Å². The fourth-order valence-electron chi connectivity index (χ4n) is 1.77. The SMILES string of the molecule is CCc1ccc2[nH]cc(CCO)c2c1. The smallest absolute Gasteiger partial charge is 0.0472 e.